The highest BCUT2D eigenvalue weighted by molar-refractivity contribution is 6.02. The van der Waals surface area contributed by atoms with Crippen molar-refractivity contribution in [3.8, 4) is 0 Å². The zero-order chi connectivity index (χ0) is 21.5. The minimum absolute atomic E-state index is 0.00663. The van der Waals surface area contributed by atoms with Crippen molar-refractivity contribution < 1.29 is 27.9 Å². The summed E-state index contributed by atoms with van der Waals surface area (Å²) >= 11 is 0. The average Bonchev–Trinajstić information content (AvgIpc) is 3.18. The van der Waals surface area contributed by atoms with Crippen LogP contribution in [0.15, 0.2) is 48.8 Å². The van der Waals surface area contributed by atoms with E-state index in [9.17, 15) is 23.2 Å². The second kappa shape index (κ2) is 9.32. The van der Waals surface area contributed by atoms with E-state index in [2.05, 4.69) is 26.2 Å². The number of carbonyl (C=O) groups is 3. The van der Waals surface area contributed by atoms with Crippen molar-refractivity contribution in [1.29, 1.82) is 0 Å². The van der Waals surface area contributed by atoms with E-state index in [-0.39, 0.29) is 23.5 Å². The van der Waals surface area contributed by atoms with Gasteiger partial charge in [-0.05, 0) is 34.7 Å². The molecule has 0 saturated carbocycles. The largest absolute Gasteiger partial charge is 0.452 e. The maximum atomic E-state index is 13.2. The molecule has 12 heteroatoms. The van der Waals surface area contributed by atoms with E-state index in [0.717, 1.165) is 12.1 Å². The number of nitrogens with one attached hydrogen (secondary N) is 2. The third kappa shape index (κ3) is 5.64. The van der Waals surface area contributed by atoms with E-state index in [0.29, 0.717) is 6.07 Å². The standard InChI is InChI=1S/C18H14F2N6O4/c19-11-5-12(20)7-13(6-11)22-17(28)9-30-18(29)14-3-1-2-4-15(14)23-16(27)8-26-10-21-24-25-26/h1-7,10H,8-9H2,(H,22,28)(H,23,27). The van der Waals surface area contributed by atoms with Gasteiger partial charge in [-0.15, -0.1) is 5.10 Å². The molecule has 154 valence electrons. The van der Waals surface area contributed by atoms with Crippen molar-refractivity contribution >= 4 is 29.2 Å². The molecular weight excluding hydrogens is 402 g/mol. The first-order valence-corrected chi connectivity index (χ1v) is 8.43. The zero-order valence-corrected chi connectivity index (χ0v) is 15.2. The fourth-order valence-corrected chi connectivity index (χ4v) is 2.39. The Morgan fingerprint density at radius 3 is 2.43 bits per heavy atom. The van der Waals surface area contributed by atoms with Gasteiger partial charge in [0, 0.05) is 11.8 Å². The summed E-state index contributed by atoms with van der Waals surface area (Å²) in [5.74, 6) is -3.90. The lowest BCUT2D eigenvalue weighted by Gasteiger charge is -2.11. The van der Waals surface area contributed by atoms with Crippen LogP contribution in [0, 0.1) is 11.6 Å². The number of benzene rings is 2. The van der Waals surface area contributed by atoms with E-state index < -0.39 is 36.0 Å². The normalized spacial score (nSPS) is 10.3. The number of hydrogen-bond donors (Lipinski definition) is 2. The first-order valence-electron chi connectivity index (χ1n) is 8.43. The van der Waals surface area contributed by atoms with Gasteiger partial charge < -0.3 is 15.4 Å². The molecule has 2 amide bonds. The molecule has 3 aromatic rings. The Balaban J connectivity index is 1.58. The van der Waals surface area contributed by atoms with Crippen molar-refractivity contribution in [3.05, 3.63) is 66.0 Å². The molecule has 0 saturated heterocycles. The summed E-state index contributed by atoms with van der Waals surface area (Å²) in [6.07, 6.45) is 1.25. The number of aromatic nitrogens is 4. The molecule has 1 aromatic heterocycles. The second-order valence-corrected chi connectivity index (χ2v) is 5.88. The molecule has 0 bridgehead atoms. The molecule has 0 radical (unpaired) electrons. The minimum atomic E-state index is -0.881. The van der Waals surface area contributed by atoms with Gasteiger partial charge in [-0.1, -0.05) is 12.1 Å². The summed E-state index contributed by atoms with van der Waals surface area (Å²) in [7, 11) is 0. The molecule has 0 aliphatic rings. The molecule has 30 heavy (non-hydrogen) atoms. The minimum Gasteiger partial charge on any atom is -0.452 e. The Labute approximate surface area is 167 Å². The van der Waals surface area contributed by atoms with Crippen molar-refractivity contribution in [2.24, 2.45) is 0 Å². The van der Waals surface area contributed by atoms with Gasteiger partial charge in [-0.25, -0.2) is 18.3 Å². The van der Waals surface area contributed by atoms with Crippen LogP contribution in [-0.2, 0) is 20.9 Å². The van der Waals surface area contributed by atoms with Crippen LogP contribution >= 0.6 is 0 Å². The number of amides is 2. The lowest BCUT2D eigenvalue weighted by atomic mass is 10.2. The zero-order valence-electron chi connectivity index (χ0n) is 15.2. The molecule has 2 N–H and O–H groups in total. The number of esters is 1. The van der Waals surface area contributed by atoms with Crippen molar-refractivity contribution in [1.82, 2.24) is 20.2 Å². The highest BCUT2D eigenvalue weighted by Crippen LogP contribution is 2.17. The summed E-state index contributed by atoms with van der Waals surface area (Å²) in [4.78, 5) is 36.3. The molecule has 0 unspecified atom stereocenters. The van der Waals surface area contributed by atoms with Crippen LogP contribution in [0.25, 0.3) is 0 Å². The van der Waals surface area contributed by atoms with Crippen molar-refractivity contribution in [2.75, 3.05) is 17.2 Å². The lowest BCUT2D eigenvalue weighted by Crippen LogP contribution is -2.23. The van der Waals surface area contributed by atoms with Gasteiger partial charge in [0.1, 0.15) is 24.5 Å². The molecule has 0 atom stereocenters. The molecule has 1 heterocycles. The van der Waals surface area contributed by atoms with Gasteiger partial charge in [0.05, 0.1) is 11.3 Å². The third-order valence-electron chi connectivity index (χ3n) is 3.60. The average molecular weight is 416 g/mol. The van der Waals surface area contributed by atoms with Crippen LogP contribution in [0.1, 0.15) is 10.4 Å². The predicted octanol–water partition coefficient (Wildman–Crippen LogP) is 1.39. The highest BCUT2D eigenvalue weighted by atomic mass is 19.1. The topological polar surface area (TPSA) is 128 Å². The van der Waals surface area contributed by atoms with E-state index >= 15 is 0 Å². The fourth-order valence-electron chi connectivity index (χ4n) is 2.39. The maximum absolute atomic E-state index is 13.2. The predicted molar refractivity (Wildman–Crippen MR) is 98.2 cm³/mol. The summed E-state index contributed by atoms with van der Waals surface area (Å²) in [5.41, 5.74) is 0.0455. The molecule has 0 spiro atoms. The van der Waals surface area contributed by atoms with Crippen LogP contribution in [0.5, 0.6) is 0 Å². The van der Waals surface area contributed by atoms with Crippen LogP contribution in [0.2, 0.25) is 0 Å². The first kappa shape index (κ1) is 20.5. The Hall–Kier alpha value is -4.22. The number of nitrogens with zero attached hydrogens (tertiary/aromatic N) is 4. The van der Waals surface area contributed by atoms with Crippen LogP contribution < -0.4 is 10.6 Å². The number of tetrazole rings is 1. The van der Waals surface area contributed by atoms with Gasteiger partial charge in [0.15, 0.2) is 6.61 Å². The number of halogens is 2. The Bertz CT molecular complexity index is 1050. The smallest absolute Gasteiger partial charge is 0.340 e. The van der Waals surface area contributed by atoms with Crippen molar-refractivity contribution in [2.45, 2.75) is 6.54 Å². The molecule has 10 nitrogen and oxygen atoms in total. The maximum Gasteiger partial charge on any atom is 0.340 e. The molecule has 0 fully saturated rings. The monoisotopic (exact) mass is 416 g/mol. The van der Waals surface area contributed by atoms with E-state index in [1.54, 1.807) is 12.1 Å². The van der Waals surface area contributed by atoms with Gasteiger partial charge in [-0.3, -0.25) is 9.59 Å². The molecule has 3 rings (SSSR count). The fraction of sp³-hybridized carbons (Fsp3) is 0.111. The number of rotatable bonds is 7. The Kier molecular flexibility index (Phi) is 6.37. The summed E-state index contributed by atoms with van der Waals surface area (Å²) in [6, 6.07) is 8.49. The van der Waals surface area contributed by atoms with E-state index in [4.69, 9.17) is 4.74 Å². The number of anilines is 2. The Morgan fingerprint density at radius 1 is 1.00 bits per heavy atom. The van der Waals surface area contributed by atoms with E-state index in [1.807, 2.05) is 0 Å². The SMILES string of the molecule is O=C(COC(=O)c1ccccc1NC(=O)Cn1cnnn1)Nc1cc(F)cc(F)c1. The number of ether oxygens (including phenoxy) is 1. The van der Waals surface area contributed by atoms with Crippen LogP contribution in [-0.4, -0.2) is 44.6 Å². The van der Waals surface area contributed by atoms with Gasteiger partial charge in [-0.2, -0.15) is 0 Å². The van der Waals surface area contributed by atoms with Gasteiger partial charge in [0.25, 0.3) is 5.91 Å². The first-order chi connectivity index (χ1) is 14.4. The van der Waals surface area contributed by atoms with Crippen LogP contribution in [0.3, 0.4) is 0 Å². The third-order valence-corrected chi connectivity index (χ3v) is 3.60. The van der Waals surface area contributed by atoms with Gasteiger partial charge >= 0.3 is 5.97 Å². The summed E-state index contributed by atoms with van der Waals surface area (Å²) in [6.45, 7) is -0.882. The molecular formula is C18H14F2N6O4. The van der Waals surface area contributed by atoms with E-state index in [1.165, 1.54) is 23.1 Å². The van der Waals surface area contributed by atoms with Gasteiger partial charge in [0.2, 0.25) is 5.91 Å². The number of hydrogen-bond acceptors (Lipinski definition) is 7. The molecule has 0 aliphatic carbocycles. The summed E-state index contributed by atoms with van der Waals surface area (Å²) in [5, 5.41) is 15.1. The summed E-state index contributed by atoms with van der Waals surface area (Å²) < 4.78 is 32.4. The molecule has 2 aromatic carbocycles. The quantitative estimate of drug-likeness (QED) is 0.557. The lowest BCUT2D eigenvalue weighted by molar-refractivity contribution is -0.119. The van der Waals surface area contributed by atoms with Crippen molar-refractivity contribution in [3.63, 3.8) is 0 Å². The second-order valence-electron chi connectivity index (χ2n) is 5.88. The number of para-hydroxylation sites is 1. The van der Waals surface area contributed by atoms with Crippen LogP contribution in [0.4, 0.5) is 20.2 Å². The highest BCUT2D eigenvalue weighted by Gasteiger charge is 2.16. The number of carbonyl (C=O) groups excluding carboxylic acids is 3. The Morgan fingerprint density at radius 2 is 1.73 bits per heavy atom. The molecule has 0 aliphatic heterocycles.